The lowest BCUT2D eigenvalue weighted by atomic mass is 10.1. The molecule has 0 N–H and O–H groups in total. The molecule has 0 spiro atoms. The largest absolute Gasteiger partial charge is 0.497 e. The van der Waals surface area contributed by atoms with Crippen LogP contribution in [0.15, 0.2) is 54.3 Å². The number of hydrogen-bond donors (Lipinski definition) is 0. The Labute approximate surface area is 202 Å². The van der Waals surface area contributed by atoms with E-state index in [2.05, 4.69) is 0 Å². The number of hydrogen-bond acceptors (Lipinski definition) is 8. The summed E-state index contributed by atoms with van der Waals surface area (Å²) in [5.41, 5.74) is 1.91. The zero-order valence-electron chi connectivity index (χ0n) is 20.0. The molecule has 0 fully saturated rings. The van der Waals surface area contributed by atoms with Crippen LogP contribution in [0.3, 0.4) is 0 Å². The minimum atomic E-state index is -0.634. The SMILES string of the molecule is COc1ccc(/C=C2\Oc3c(ccc(OC(=O)c4cc(OC)c(OC)c(OC)c4)c3C)C2=O)cc1. The number of Topliss-reactive ketones (excluding diaryl/α,β-unsaturated/α-hetero) is 1. The van der Waals surface area contributed by atoms with Crippen molar-refractivity contribution in [3.8, 4) is 34.5 Å². The van der Waals surface area contributed by atoms with Gasteiger partial charge in [0.15, 0.2) is 17.3 Å². The molecule has 0 amide bonds. The van der Waals surface area contributed by atoms with Gasteiger partial charge in [0.25, 0.3) is 0 Å². The summed E-state index contributed by atoms with van der Waals surface area (Å²) >= 11 is 0. The van der Waals surface area contributed by atoms with E-state index in [9.17, 15) is 9.59 Å². The van der Waals surface area contributed by atoms with E-state index in [4.69, 9.17) is 28.4 Å². The van der Waals surface area contributed by atoms with Gasteiger partial charge in [-0.05, 0) is 55.0 Å². The molecule has 0 aromatic heterocycles. The molecule has 35 heavy (non-hydrogen) atoms. The first-order chi connectivity index (χ1) is 16.9. The number of ether oxygens (including phenoxy) is 6. The minimum Gasteiger partial charge on any atom is -0.497 e. The number of esters is 1. The summed E-state index contributed by atoms with van der Waals surface area (Å²) in [6.07, 6.45) is 1.66. The Kier molecular flexibility index (Phi) is 6.64. The summed E-state index contributed by atoms with van der Waals surface area (Å²) in [5, 5.41) is 0. The maximum Gasteiger partial charge on any atom is 0.343 e. The molecule has 0 unspecified atom stereocenters. The van der Waals surface area contributed by atoms with E-state index in [1.165, 1.54) is 33.5 Å². The number of ketones is 1. The van der Waals surface area contributed by atoms with Crippen LogP contribution in [0, 0.1) is 6.92 Å². The fourth-order valence-electron chi connectivity index (χ4n) is 3.69. The molecule has 0 atom stereocenters. The molecule has 1 aliphatic heterocycles. The smallest absolute Gasteiger partial charge is 0.343 e. The fraction of sp³-hybridized carbons (Fsp3) is 0.185. The predicted octanol–water partition coefficient (Wildman–Crippen LogP) is 4.86. The number of benzene rings is 3. The van der Waals surface area contributed by atoms with Crippen LogP contribution >= 0.6 is 0 Å². The van der Waals surface area contributed by atoms with Crippen molar-refractivity contribution in [1.29, 1.82) is 0 Å². The molecule has 3 aromatic rings. The van der Waals surface area contributed by atoms with Crippen molar-refractivity contribution >= 4 is 17.8 Å². The van der Waals surface area contributed by atoms with Crippen molar-refractivity contribution in [3.63, 3.8) is 0 Å². The number of methoxy groups -OCH3 is 4. The zero-order valence-corrected chi connectivity index (χ0v) is 20.0. The molecule has 180 valence electrons. The molecule has 1 aliphatic rings. The standard InChI is InChI=1S/C27H24O8/c1-15-20(35-27(29)17-13-22(31-3)26(33-5)23(14-17)32-4)11-10-19-24(28)21(34-25(15)19)12-16-6-8-18(30-2)9-7-16/h6-14H,1-5H3/b21-12-. The maximum atomic E-state index is 12.9. The van der Waals surface area contributed by atoms with E-state index in [1.54, 1.807) is 44.4 Å². The molecule has 0 saturated carbocycles. The monoisotopic (exact) mass is 476 g/mol. The molecule has 3 aromatic carbocycles. The van der Waals surface area contributed by atoms with E-state index in [1.807, 2.05) is 12.1 Å². The highest BCUT2D eigenvalue weighted by atomic mass is 16.5. The lowest BCUT2D eigenvalue weighted by molar-refractivity contribution is 0.0732. The minimum absolute atomic E-state index is 0.182. The Hall–Kier alpha value is -4.46. The van der Waals surface area contributed by atoms with Gasteiger partial charge in [-0.1, -0.05) is 12.1 Å². The summed E-state index contributed by atoms with van der Waals surface area (Å²) in [5.74, 6) is 1.64. The second kappa shape index (κ2) is 9.80. The highest BCUT2D eigenvalue weighted by Crippen LogP contribution is 2.41. The number of fused-ring (bicyclic) bond motifs is 1. The second-order valence-corrected chi connectivity index (χ2v) is 7.58. The molecular formula is C27H24O8. The Morgan fingerprint density at radius 1 is 0.829 bits per heavy atom. The highest BCUT2D eigenvalue weighted by molar-refractivity contribution is 6.15. The van der Waals surface area contributed by atoms with Crippen molar-refractivity contribution in [1.82, 2.24) is 0 Å². The molecule has 0 bridgehead atoms. The second-order valence-electron chi connectivity index (χ2n) is 7.58. The van der Waals surface area contributed by atoms with E-state index in [0.29, 0.717) is 39.9 Å². The average molecular weight is 476 g/mol. The third-order valence-electron chi connectivity index (χ3n) is 5.55. The molecule has 0 radical (unpaired) electrons. The maximum absolute atomic E-state index is 12.9. The van der Waals surface area contributed by atoms with Gasteiger partial charge in [0.1, 0.15) is 17.2 Å². The van der Waals surface area contributed by atoms with Gasteiger partial charge in [-0.3, -0.25) is 4.79 Å². The van der Waals surface area contributed by atoms with E-state index < -0.39 is 5.97 Å². The van der Waals surface area contributed by atoms with Crippen LogP contribution < -0.4 is 28.4 Å². The first kappa shape index (κ1) is 23.7. The van der Waals surface area contributed by atoms with Crippen molar-refractivity contribution in [3.05, 3.63) is 76.5 Å². The molecular weight excluding hydrogens is 452 g/mol. The van der Waals surface area contributed by atoms with Gasteiger partial charge in [-0.25, -0.2) is 4.79 Å². The molecule has 8 heteroatoms. The van der Waals surface area contributed by atoms with Gasteiger partial charge >= 0.3 is 5.97 Å². The topological polar surface area (TPSA) is 89.5 Å². The molecule has 0 aliphatic carbocycles. The Morgan fingerprint density at radius 3 is 2.06 bits per heavy atom. The van der Waals surface area contributed by atoms with Crippen LogP contribution in [0.4, 0.5) is 0 Å². The van der Waals surface area contributed by atoms with Crippen LogP contribution in [0.5, 0.6) is 34.5 Å². The molecule has 4 rings (SSSR count). The molecule has 8 nitrogen and oxygen atoms in total. The predicted molar refractivity (Wildman–Crippen MR) is 128 cm³/mol. The fourth-order valence-corrected chi connectivity index (χ4v) is 3.69. The number of carbonyl (C=O) groups is 2. The Bertz CT molecular complexity index is 1300. The number of allylic oxidation sites excluding steroid dienone is 1. The van der Waals surface area contributed by atoms with Crippen molar-refractivity contribution < 1.29 is 38.0 Å². The van der Waals surface area contributed by atoms with Crippen LogP contribution in [0.1, 0.15) is 31.8 Å². The van der Waals surface area contributed by atoms with Crippen LogP contribution in [0.2, 0.25) is 0 Å². The Morgan fingerprint density at radius 2 is 1.49 bits per heavy atom. The van der Waals surface area contributed by atoms with Crippen LogP contribution in [-0.4, -0.2) is 40.2 Å². The summed E-state index contributed by atoms with van der Waals surface area (Å²) < 4.78 is 32.6. The molecule has 1 heterocycles. The quantitative estimate of drug-likeness (QED) is 0.271. The van der Waals surface area contributed by atoms with Crippen LogP contribution in [0.25, 0.3) is 6.08 Å². The Balaban J connectivity index is 1.60. The van der Waals surface area contributed by atoms with Crippen LogP contribution in [-0.2, 0) is 0 Å². The van der Waals surface area contributed by atoms with Gasteiger partial charge in [-0.15, -0.1) is 0 Å². The van der Waals surface area contributed by atoms with Crippen molar-refractivity contribution in [2.45, 2.75) is 6.92 Å². The summed E-state index contributed by atoms with van der Waals surface area (Å²) in [6.45, 7) is 1.72. The number of rotatable bonds is 7. The van der Waals surface area contributed by atoms with Gasteiger partial charge < -0.3 is 28.4 Å². The number of carbonyl (C=O) groups excluding carboxylic acids is 2. The van der Waals surface area contributed by atoms with Gasteiger partial charge in [0.2, 0.25) is 11.5 Å². The van der Waals surface area contributed by atoms with Crippen molar-refractivity contribution in [2.24, 2.45) is 0 Å². The highest BCUT2D eigenvalue weighted by Gasteiger charge is 2.31. The third kappa shape index (κ3) is 4.50. The van der Waals surface area contributed by atoms with Gasteiger partial charge in [0.05, 0.1) is 39.6 Å². The van der Waals surface area contributed by atoms with Crippen molar-refractivity contribution in [2.75, 3.05) is 28.4 Å². The summed E-state index contributed by atoms with van der Waals surface area (Å²) in [4.78, 5) is 25.8. The molecule has 0 saturated heterocycles. The first-order valence-corrected chi connectivity index (χ1v) is 10.6. The normalized spacial score (nSPS) is 13.2. The first-order valence-electron chi connectivity index (χ1n) is 10.6. The lowest BCUT2D eigenvalue weighted by Crippen LogP contribution is -2.10. The van der Waals surface area contributed by atoms with Gasteiger partial charge in [-0.2, -0.15) is 0 Å². The average Bonchev–Trinajstić information content (AvgIpc) is 3.20. The summed E-state index contributed by atoms with van der Waals surface area (Å²) in [7, 11) is 5.98. The lowest BCUT2D eigenvalue weighted by Gasteiger charge is -2.14. The van der Waals surface area contributed by atoms with Gasteiger partial charge in [0, 0.05) is 5.56 Å². The van der Waals surface area contributed by atoms with E-state index >= 15 is 0 Å². The summed E-state index contributed by atoms with van der Waals surface area (Å²) in [6, 6.07) is 13.4. The van der Waals surface area contributed by atoms with E-state index in [-0.39, 0.29) is 22.9 Å². The van der Waals surface area contributed by atoms with E-state index in [0.717, 1.165) is 5.56 Å². The third-order valence-corrected chi connectivity index (χ3v) is 5.55. The zero-order chi connectivity index (χ0) is 25.1.